The van der Waals surface area contributed by atoms with Gasteiger partial charge in [0.2, 0.25) is 11.8 Å². The fourth-order valence-electron chi connectivity index (χ4n) is 4.91. The van der Waals surface area contributed by atoms with E-state index in [0.717, 1.165) is 51.7 Å². The molecule has 3 aliphatic heterocycles. The van der Waals surface area contributed by atoms with E-state index in [-0.39, 0.29) is 11.8 Å². The van der Waals surface area contributed by atoms with Crippen molar-refractivity contribution in [3.8, 4) is 0 Å². The largest absolute Gasteiger partial charge is 0.342 e. The normalized spacial score (nSPS) is 31.4. The highest BCUT2D eigenvalue weighted by molar-refractivity contribution is 5.83. The first-order valence-corrected chi connectivity index (χ1v) is 10.5. The van der Waals surface area contributed by atoms with Crippen molar-refractivity contribution in [2.75, 3.05) is 45.8 Å². The number of amides is 2. The van der Waals surface area contributed by atoms with Gasteiger partial charge in [0.15, 0.2) is 0 Å². The van der Waals surface area contributed by atoms with E-state index in [0.29, 0.717) is 24.3 Å². The number of carbonyl (C=O) groups is 2. The Morgan fingerprint density at radius 3 is 2.16 bits per heavy atom. The van der Waals surface area contributed by atoms with Crippen LogP contribution >= 0.6 is 0 Å². The molecule has 0 radical (unpaired) electrons. The number of hydrogen-bond donors (Lipinski definition) is 0. The van der Waals surface area contributed by atoms with Crippen LogP contribution in [0.5, 0.6) is 0 Å². The molecule has 1 aliphatic carbocycles. The lowest BCUT2D eigenvalue weighted by molar-refractivity contribution is -0.140. The van der Waals surface area contributed by atoms with Crippen molar-refractivity contribution in [3.63, 3.8) is 0 Å². The highest BCUT2D eigenvalue weighted by Crippen LogP contribution is 2.33. The van der Waals surface area contributed by atoms with Gasteiger partial charge in [0, 0.05) is 38.6 Å². The summed E-state index contributed by atoms with van der Waals surface area (Å²) in [6.45, 7) is 7.03. The number of piperidine rings is 2. The lowest BCUT2D eigenvalue weighted by Gasteiger charge is -2.34. The smallest absolute Gasteiger partial charge is 0.227 e. The molecule has 4 aliphatic rings. The van der Waals surface area contributed by atoms with Gasteiger partial charge in [-0.25, -0.2) is 0 Å². The molecule has 4 fully saturated rings. The molecular formula is C20H33N3O2. The van der Waals surface area contributed by atoms with Crippen LogP contribution in [-0.2, 0) is 9.59 Å². The Labute approximate surface area is 151 Å². The van der Waals surface area contributed by atoms with Gasteiger partial charge in [0.05, 0.1) is 5.92 Å². The molecule has 5 nitrogen and oxygen atoms in total. The third kappa shape index (κ3) is 4.18. The summed E-state index contributed by atoms with van der Waals surface area (Å²) in [6, 6.07) is 0. The third-order valence-corrected chi connectivity index (χ3v) is 6.57. The van der Waals surface area contributed by atoms with Gasteiger partial charge in [-0.2, -0.15) is 0 Å². The third-order valence-electron chi connectivity index (χ3n) is 6.57. The minimum Gasteiger partial charge on any atom is -0.342 e. The van der Waals surface area contributed by atoms with Gasteiger partial charge >= 0.3 is 0 Å². The van der Waals surface area contributed by atoms with E-state index in [4.69, 9.17) is 0 Å². The molecule has 0 aromatic rings. The second-order valence-electron chi connectivity index (χ2n) is 8.70. The lowest BCUT2D eigenvalue weighted by Crippen LogP contribution is -2.47. The van der Waals surface area contributed by atoms with Gasteiger partial charge in [-0.05, 0) is 64.0 Å². The quantitative estimate of drug-likeness (QED) is 0.781. The molecule has 0 bridgehead atoms. The van der Waals surface area contributed by atoms with Crippen LogP contribution in [0.25, 0.3) is 0 Å². The maximum Gasteiger partial charge on any atom is 0.227 e. The highest BCUT2D eigenvalue weighted by Gasteiger charge is 2.38. The maximum absolute atomic E-state index is 13.0. The molecule has 140 valence electrons. The number of rotatable bonds is 4. The maximum atomic E-state index is 13.0. The van der Waals surface area contributed by atoms with Crippen molar-refractivity contribution in [1.29, 1.82) is 0 Å². The van der Waals surface area contributed by atoms with Gasteiger partial charge in [0.1, 0.15) is 0 Å². The van der Waals surface area contributed by atoms with Crippen LogP contribution in [-0.4, -0.2) is 72.3 Å². The van der Waals surface area contributed by atoms with Crippen LogP contribution in [0.4, 0.5) is 0 Å². The van der Waals surface area contributed by atoms with Crippen molar-refractivity contribution < 1.29 is 9.59 Å². The number of likely N-dealkylation sites (tertiary alicyclic amines) is 3. The van der Waals surface area contributed by atoms with Crippen molar-refractivity contribution in [2.45, 2.75) is 51.4 Å². The van der Waals surface area contributed by atoms with Gasteiger partial charge in [-0.3, -0.25) is 9.59 Å². The van der Waals surface area contributed by atoms with E-state index >= 15 is 0 Å². The van der Waals surface area contributed by atoms with Crippen LogP contribution < -0.4 is 0 Å². The average Bonchev–Trinajstić information content (AvgIpc) is 3.41. The molecule has 0 aromatic carbocycles. The first kappa shape index (κ1) is 17.3. The molecule has 4 rings (SSSR count). The number of hydrogen-bond acceptors (Lipinski definition) is 3. The minimum absolute atomic E-state index is 0.0465. The van der Waals surface area contributed by atoms with E-state index in [1.807, 2.05) is 4.90 Å². The Morgan fingerprint density at radius 1 is 0.680 bits per heavy atom. The van der Waals surface area contributed by atoms with E-state index < -0.39 is 0 Å². The minimum atomic E-state index is 0.0465. The van der Waals surface area contributed by atoms with Crippen LogP contribution in [0.1, 0.15) is 51.4 Å². The highest BCUT2D eigenvalue weighted by atomic mass is 16.2. The second kappa shape index (κ2) is 7.65. The van der Waals surface area contributed by atoms with Gasteiger partial charge in [0.25, 0.3) is 0 Å². The zero-order valence-corrected chi connectivity index (χ0v) is 15.5. The Kier molecular flexibility index (Phi) is 5.30. The first-order chi connectivity index (χ1) is 12.2. The van der Waals surface area contributed by atoms with Gasteiger partial charge in [-0.15, -0.1) is 0 Å². The summed E-state index contributed by atoms with van der Waals surface area (Å²) in [6.07, 6.45) is 9.25. The molecule has 0 spiro atoms. The summed E-state index contributed by atoms with van der Waals surface area (Å²) < 4.78 is 0. The van der Waals surface area contributed by atoms with E-state index in [2.05, 4.69) is 9.80 Å². The summed E-state index contributed by atoms with van der Waals surface area (Å²) in [5.74, 6) is 1.59. The Morgan fingerprint density at radius 2 is 1.40 bits per heavy atom. The zero-order chi connectivity index (χ0) is 17.2. The van der Waals surface area contributed by atoms with Gasteiger partial charge < -0.3 is 14.7 Å². The molecule has 3 heterocycles. The first-order valence-electron chi connectivity index (χ1n) is 10.5. The van der Waals surface area contributed by atoms with Crippen LogP contribution in [0.3, 0.4) is 0 Å². The van der Waals surface area contributed by atoms with Crippen LogP contribution in [0.15, 0.2) is 0 Å². The predicted octanol–water partition coefficient (Wildman–Crippen LogP) is 1.97. The van der Waals surface area contributed by atoms with Crippen molar-refractivity contribution >= 4 is 11.8 Å². The molecule has 0 N–H and O–H groups in total. The summed E-state index contributed by atoms with van der Waals surface area (Å²) in [5.41, 5.74) is 0. The topological polar surface area (TPSA) is 43.9 Å². The second-order valence-corrected chi connectivity index (χ2v) is 8.70. The SMILES string of the molecule is O=C(C1CC1)N1CCC[C@H](C(=O)N2CC[C@@H](CN3CCCCC3)C2)C1. The number of nitrogens with zero attached hydrogens (tertiary/aromatic N) is 3. The summed E-state index contributed by atoms with van der Waals surface area (Å²) in [5, 5.41) is 0. The van der Waals surface area contributed by atoms with E-state index in [1.54, 1.807) is 0 Å². The monoisotopic (exact) mass is 347 g/mol. The van der Waals surface area contributed by atoms with Crippen LogP contribution in [0.2, 0.25) is 0 Å². The van der Waals surface area contributed by atoms with Crippen LogP contribution in [0, 0.1) is 17.8 Å². The molecule has 0 unspecified atom stereocenters. The van der Waals surface area contributed by atoms with Crippen molar-refractivity contribution in [2.24, 2.45) is 17.8 Å². The molecule has 2 atom stereocenters. The molecule has 25 heavy (non-hydrogen) atoms. The molecule has 2 amide bonds. The number of carbonyl (C=O) groups excluding carboxylic acids is 2. The zero-order valence-electron chi connectivity index (χ0n) is 15.5. The summed E-state index contributed by atoms with van der Waals surface area (Å²) in [7, 11) is 0. The lowest BCUT2D eigenvalue weighted by atomic mass is 9.96. The van der Waals surface area contributed by atoms with E-state index in [9.17, 15) is 9.59 Å². The predicted molar refractivity (Wildman–Crippen MR) is 97.0 cm³/mol. The van der Waals surface area contributed by atoms with Crippen molar-refractivity contribution in [1.82, 2.24) is 14.7 Å². The Bertz CT molecular complexity index is 499. The molecule has 0 aromatic heterocycles. The van der Waals surface area contributed by atoms with E-state index in [1.165, 1.54) is 38.9 Å². The molecule has 5 heteroatoms. The summed E-state index contributed by atoms with van der Waals surface area (Å²) in [4.78, 5) is 32.0. The fraction of sp³-hybridized carbons (Fsp3) is 0.900. The van der Waals surface area contributed by atoms with Crippen molar-refractivity contribution in [3.05, 3.63) is 0 Å². The molecule has 1 saturated carbocycles. The average molecular weight is 348 g/mol. The Hall–Kier alpha value is -1.10. The standard InChI is InChI=1S/C20H33N3O2/c24-19(17-6-7-17)22-11-4-5-18(15-22)20(25)23-12-8-16(14-23)13-21-9-2-1-3-10-21/h16-18H,1-15H2/t16-,18-/m0/s1. The fourth-order valence-corrected chi connectivity index (χ4v) is 4.91. The molecule has 3 saturated heterocycles. The summed E-state index contributed by atoms with van der Waals surface area (Å²) >= 11 is 0. The molecular weight excluding hydrogens is 314 g/mol. The van der Waals surface area contributed by atoms with Gasteiger partial charge in [-0.1, -0.05) is 6.42 Å². The Balaban J connectivity index is 1.26.